The predicted octanol–water partition coefficient (Wildman–Crippen LogP) is 2.86. The fourth-order valence-corrected chi connectivity index (χ4v) is 3.87. The van der Waals surface area contributed by atoms with Crippen LogP contribution in [-0.4, -0.2) is 29.5 Å². The van der Waals surface area contributed by atoms with E-state index in [4.69, 9.17) is 0 Å². The van der Waals surface area contributed by atoms with Crippen molar-refractivity contribution in [3.05, 3.63) is 22.4 Å². The van der Waals surface area contributed by atoms with E-state index in [0.717, 1.165) is 0 Å². The Kier molecular flexibility index (Phi) is 3.30. The fourth-order valence-electron chi connectivity index (χ4n) is 1.76. The molecule has 0 aromatic carbocycles. The highest BCUT2D eigenvalue weighted by Gasteiger charge is 2.23. The Morgan fingerprint density at radius 1 is 1.62 bits per heavy atom. The predicted molar refractivity (Wildman–Crippen MR) is 61.6 cm³/mol. The Bertz CT molecular complexity index is 245. The van der Waals surface area contributed by atoms with Crippen molar-refractivity contribution in [2.45, 2.75) is 13.0 Å². The normalized spacial score (nSPS) is 24.8. The van der Waals surface area contributed by atoms with Crippen LogP contribution in [0, 0.1) is 0 Å². The van der Waals surface area contributed by atoms with Gasteiger partial charge in [0.15, 0.2) is 0 Å². The first-order chi connectivity index (χ1) is 6.42. The maximum absolute atomic E-state index is 2.59. The average Bonchev–Trinajstić information content (AvgIpc) is 2.70. The van der Waals surface area contributed by atoms with Crippen LogP contribution < -0.4 is 0 Å². The van der Waals surface area contributed by atoms with E-state index in [2.05, 4.69) is 41.1 Å². The van der Waals surface area contributed by atoms with Gasteiger partial charge in [-0.2, -0.15) is 11.8 Å². The number of hydrogen-bond acceptors (Lipinski definition) is 3. The maximum atomic E-state index is 2.59. The summed E-state index contributed by atoms with van der Waals surface area (Å²) in [6.45, 7) is 4.70. The van der Waals surface area contributed by atoms with Crippen molar-refractivity contribution in [2.75, 3.05) is 24.6 Å². The standard InChI is InChI=1S/C10H15NS2/c1-2-11-5-7-12-8-9(11)10-4-3-6-13-10/h3-4,6,9H,2,5,7-8H2,1H3. The second-order valence-corrected chi connectivity index (χ2v) is 5.36. The molecule has 0 amide bonds. The molecule has 0 radical (unpaired) electrons. The van der Waals surface area contributed by atoms with Crippen molar-refractivity contribution in [1.82, 2.24) is 4.90 Å². The summed E-state index contributed by atoms with van der Waals surface area (Å²) in [5.74, 6) is 2.57. The molecule has 1 aromatic heterocycles. The zero-order valence-electron chi connectivity index (χ0n) is 7.90. The van der Waals surface area contributed by atoms with Crippen LogP contribution >= 0.6 is 23.1 Å². The first-order valence-corrected chi connectivity index (χ1v) is 6.80. The molecule has 1 aliphatic heterocycles. The molecule has 0 aliphatic carbocycles. The third-order valence-electron chi connectivity index (χ3n) is 2.52. The van der Waals surface area contributed by atoms with Crippen molar-refractivity contribution in [2.24, 2.45) is 0 Å². The lowest BCUT2D eigenvalue weighted by molar-refractivity contribution is 0.236. The topological polar surface area (TPSA) is 3.24 Å². The van der Waals surface area contributed by atoms with Crippen molar-refractivity contribution in [3.63, 3.8) is 0 Å². The molecule has 0 spiro atoms. The molecular formula is C10H15NS2. The summed E-state index contributed by atoms with van der Waals surface area (Å²) in [4.78, 5) is 4.12. The van der Waals surface area contributed by atoms with Crippen LogP contribution in [0.2, 0.25) is 0 Å². The van der Waals surface area contributed by atoms with Gasteiger partial charge >= 0.3 is 0 Å². The molecule has 0 N–H and O–H groups in total. The molecule has 0 bridgehead atoms. The van der Waals surface area contributed by atoms with E-state index in [0.29, 0.717) is 6.04 Å². The number of nitrogens with zero attached hydrogens (tertiary/aromatic N) is 1. The molecule has 13 heavy (non-hydrogen) atoms. The second-order valence-electron chi connectivity index (χ2n) is 3.23. The van der Waals surface area contributed by atoms with Gasteiger partial charge in [0.1, 0.15) is 0 Å². The van der Waals surface area contributed by atoms with Crippen LogP contribution in [0.15, 0.2) is 17.5 Å². The summed E-state index contributed by atoms with van der Waals surface area (Å²) >= 11 is 3.98. The van der Waals surface area contributed by atoms with Gasteiger partial charge in [-0.25, -0.2) is 0 Å². The highest BCUT2D eigenvalue weighted by molar-refractivity contribution is 7.99. The monoisotopic (exact) mass is 213 g/mol. The van der Waals surface area contributed by atoms with Gasteiger partial charge in [0, 0.05) is 22.9 Å². The van der Waals surface area contributed by atoms with Gasteiger partial charge in [-0.05, 0) is 18.0 Å². The van der Waals surface area contributed by atoms with Crippen LogP contribution in [0.5, 0.6) is 0 Å². The maximum Gasteiger partial charge on any atom is 0.0532 e. The molecule has 1 fully saturated rings. The van der Waals surface area contributed by atoms with Crippen LogP contribution in [0.1, 0.15) is 17.8 Å². The molecule has 2 heterocycles. The van der Waals surface area contributed by atoms with Crippen LogP contribution in [-0.2, 0) is 0 Å². The highest BCUT2D eigenvalue weighted by atomic mass is 32.2. The van der Waals surface area contributed by atoms with E-state index >= 15 is 0 Å². The summed E-state index contributed by atoms with van der Waals surface area (Å²) in [5.41, 5.74) is 0. The highest BCUT2D eigenvalue weighted by Crippen LogP contribution is 2.31. The molecule has 1 nitrogen and oxygen atoms in total. The number of thioether (sulfide) groups is 1. The lowest BCUT2D eigenvalue weighted by Crippen LogP contribution is -2.35. The summed E-state index contributed by atoms with van der Waals surface area (Å²) in [5, 5.41) is 2.18. The second kappa shape index (κ2) is 4.49. The summed E-state index contributed by atoms with van der Waals surface area (Å²) < 4.78 is 0. The summed E-state index contributed by atoms with van der Waals surface area (Å²) in [7, 11) is 0. The molecule has 1 atom stereocenters. The summed E-state index contributed by atoms with van der Waals surface area (Å²) in [6, 6.07) is 5.11. The van der Waals surface area contributed by atoms with E-state index in [1.165, 1.54) is 29.5 Å². The van der Waals surface area contributed by atoms with E-state index in [1.54, 1.807) is 0 Å². The molecule has 2 rings (SSSR count). The van der Waals surface area contributed by atoms with Gasteiger partial charge in [-0.15, -0.1) is 11.3 Å². The molecule has 72 valence electrons. The summed E-state index contributed by atoms with van der Waals surface area (Å²) in [6.07, 6.45) is 0. The van der Waals surface area contributed by atoms with E-state index in [1.807, 2.05) is 11.3 Å². The number of thiophene rings is 1. The van der Waals surface area contributed by atoms with Gasteiger partial charge in [0.2, 0.25) is 0 Å². The van der Waals surface area contributed by atoms with Gasteiger partial charge < -0.3 is 0 Å². The van der Waals surface area contributed by atoms with Crippen LogP contribution in [0.25, 0.3) is 0 Å². The van der Waals surface area contributed by atoms with E-state index in [9.17, 15) is 0 Å². The Balaban J connectivity index is 2.11. The zero-order chi connectivity index (χ0) is 9.10. The van der Waals surface area contributed by atoms with Crippen molar-refractivity contribution in [1.29, 1.82) is 0 Å². The molecule has 3 heteroatoms. The smallest absolute Gasteiger partial charge is 0.0532 e. The van der Waals surface area contributed by atoms with Crippen molar-refractivity contribution < 1.29 is 0 Å². The van der Waals surface area contributed by atoms with Crippen molar-refractivity contribution in [3.8, 4) is 0 Å². The largest absolute Gasteiger partial charge is 0.294 e. The number of hydrogen-bond donors (Lipinski definition) is 0. The minimum Gasteiger partial charge on any atom is -0.294 e. The van der Waals surface area contributed by atoms with Crippen LogP contribution in [0.4, 0.5) is 0 Å². The quantitative estimate of drug-likeness (QED) is 0.743. The molecule has 1 aliphatic rings. The lowest BCUT2D eigenvalue weighted by atomic mass is 10.2. The first kappa shape index (κ1) is 9.56. The minimum atomic E-state index is 0.684. The Hall–Kier alpha value is 0.01000. The third-order valence-corrected chi connectivity index (χ3v) is 4.51. The Morgan fingerprint density at radius 3 is 3.23 bits per heavy atom. The minimum absolute atomic E-state index is 0.684. The van der Waals surface area contributed by atoms with Gasteiger partial charge in [0.05, 0.1) is 6.04 Å². The van der Waals surface area contributed by atoms with Gasteiger partial charge in [-0.1, -0.05) is 13.0 Å². The first-order valence-electron chi connectivity index (χ1n) is 4.77. The fraction of sp³-hybridized carbons (Fsp3) is 0.600. The van der Waals surface area contributed by atoms with Crippen molar-refractivity contribution >= 4 is 23.1 Å². The third kappa shape index (κ3) is 2.09. The molecular weight excluding hydrogens is 198 g/mol. The van der Waals surface area contributed by atoms with E-state index < -0.39 is 0 Å². The SMILES string of the molecule is CCN1CCSCC1c1cccs1. The Morgan fingerprint density at radius 2 is 2.54 bits per heavy atom. The molecule has 1 unspecified atom stereocenters. The zero-order valence-corrected chi connectivity index (χ0v) is 9.53. The molecule has 0 saturated carbocycles. The number of rotatable bonds is 2. The van der Waals surface area contributed by atoms with Crippen LogP contribution in [0.3, 0.4) is 0 Å². The lowest BCUT2D eigenvalue weighted by Gasteiger charge is -2.33. The van der Waals surface area contributed by atoms with Gasteiger partial charge in [0.25, 0.3) is 0 Å². The van der Waals surface area contributed by atoms with E-state index in [-0.39, 0.29) is 0 Å². The molecule has 1 saturated heterocycles. The molecule has 1 aromatic rings. The average molecular weight is 213 g/mol. The van der Waals surface area contributed by atoms with Gasteiger partial charge in [-0.3, -0.25) is 4.90 Å². The Labute approximate surface area is 88.1 Å².